The first-order valence-corrected chi connectivity index (χ1v) is 9.42. The molecule has 0 spiro atoms. The number of nitrogens with zero attached hydrogens (tertiary/aromatic N) is 4. The molecule has 0 aliphatic carbocycles. The minimum atomic E-state index is 0. The van der Waals surface area contributed by atoms with Gasteiger partial charge < -0.3 is 20.3 Å². The molecule has 8 heteroatoms. The van der Waals surface area contributed by atoms with E-state index >= 15 is 0 Å². The minimum absolute atomic E-state index is 0. The number of aryl methyl sites for hydroxylation is 2. The second-order valence-electron chi connectivity index (χ2n) is 6.80. The van der Waals surface area contributed by atoms with Crippen LogP contribution in [0.25, 0.3) is 0 Å². The van der Waals surface area contributed by atoms with Crippen molar-refractivity contribution < 1.29 is 4.74 Å². The Balaban J connectivity index is 0.00000240. The molecule has 29 heavy (non-hydrogen) atoms. The molecule has 1 fully saturated rings. The van der Waals surface area contributed by atoms with Crippen LogP contribution in [0.1, 0.15) is 11.1 Å². The first-order valence-electron chi connectivity index (χ1n) is 9.42. The van der Waals surface area contributed by atoms with Crippen molar-refractivity contribution in [1.82, 2.24) is 15.0 Å². The summed E-state index contributed by atoms with van der Waals surface area (Å²) in [7, 11) is 0. The number of morpholine rings is 1. The molecule has 152 valence electrons. The van der Waals surface area contributed by atoms with Crippen LogP contribution in [-0.2, 0) is 4.74 Å². The Morgan fingerprint density at radius 1 is 0.793 bits per heavy atom. The summed E-state index contributed by atoms with van der Waals surface area (Å²) in [5.41, 5.74) is 4.35. The standard InChI is InChI=1S/C21H24N6O.ClH/c1-15-8-9-18(14-16(15)2)23-20-24-19(22-17-6-4-3-5-7-17)25-21(26-20)27-10-12-28-13-11-27;/h3-9,14H,10-13H2,1-2H3,(H2,22,23,24,25,26);1H. The van der Waals surface area contributed by atoms with Crippen LogP contribution in [0.15, 0.2) is 48.5 Å². The Hall–Kier alpha value is -2.90. The molecule has 0 atom stereocenters. The molecule has 4 rings (SSSR count). The van der Waals surface area contributed by atoms with Gasteiger partial charge in [0.05, 0.1) is 13.2 Å². The zero-order chi connectivity index (χ0) is 19.3. The van der Waals surface area contributed by atoms with Crippen LogP contribution in [0, 0.1) is 13.8 Å². The van der Waals surface area contributed by atoms with E-state index in [4.69, 9.17) is 4.74 Å². The monoisotopic (exact) mass is 412 g/mol. The number of anilines is 5. The number of hydrogen-bond donors (Lipinski definition) is 2. The molecule has 2 heterocycles. The number of ether oxygens (including phenoxy) is 1. The van der Waals surface area contributed by atoms with Gasteiger partial charge in [0.15, 0.2) is 0 Å². The number of nitrogens with one attached hydrogen (secondary N) is 2. The van der Waals surface area contributed by atoms with E-state index in [9.17, 15) is 0 Å². The topological polar surface area (TPSA) is 75.2 Å². The Morgan fingerprint density at radius 3 is 2.10 bits per heavy atom. The third-order valence-corrected chi connectivity index (χ3v) is 4.71. The first kappa shape index (κ1) is 20.8. The van der Waals surface area contributed by atoms with Gasteiger partial charge in [-0.15, -0.1) is 12.4 Å². The molecular weight excluding hydrogens is 388 g/mol. The van der Waals surface area contributed by atoms with Crippen molar-refractivity contribution in [3.63, 3.8) is 0 Å². The Bertz CT molecular complexity index is 947. The zero-order valence-corrected chi connectivity index (χ0v) is 17.4. The van der Waals surface area contributed by atoms with Crippen LogP contribution in [0.4, 0.5) is 29.2 Å². The van der Waals surface area contributed by atoms with Gasteiger partial charge in [-0.2, -0.15) is 15.0 Å². The van der Waals surface area contributed by atoms with E-state index in [1.807, 2.05) is 36.4 Å². The van der Waals surface area contributed by atoms with Crippen molar-refractivity contribution in [2.45, 2.75) is 13.8 Å². The van der Waals surface area contributed by atoms with E-state index in [0.29, 0.717) is 31.1 Å². The summed E-state index contributed by atoms with van der Waals surface area (Å²) in [4.78, 5) is 16.0. The maximum absolute atomic E-state index is 5.45. The van der Waals surface area contributed by atoms with Gasteiger partial charge in [0.25, 0.3) is 0 Å². The lowest BCUT2D eigenvalue weighted by atomic mass is 10.1. The predicted octanol–water partition coefficient (Wildman–Crippen LogP) is 4.23. The fraction of sp³-hybridized carbons (Fsp3) is 0.286. The number of rotatable bonds is 5. The second kappa shape index (κ2) is 9.54. The van der Waals surface area contributed by atoms with E-state index < -0.39 is 0 Å². The van der Waals surface area contributed by atoms with Gasteiger partial charge in [-0.3, -0.25) is 0 Å². The maximum Gasteiger partial charge on any atom is 0.233 e. The van der Waals surface area contributed by atoms with Crippen LogP contribution in [0.2, 0.25) is 0 Å². The molecule has 0 amide bonds. The predicted molar refractivity (Wildman–Crippen MR) is 119 cm³/mol. The highest BCUT2D eigenvalue weighted by Gasteiger charge is 2.17. The molecule has 1 aromatic heterocycles. The van der Waals surface area contributed by atoms with E-state index in [2.05, 4.69) is 56.5 Å². The average molecular weight is 413 g/mol. The Kier molecular flexibility index (Phi) is 6.85. The van der Waals surface area contributed by atoms with Gasteiger partial charge in [0, 0.05) is 24.5 Å². The second-order valence-corrected chi connectivity index (χ2v) is 6.80. The van der Waals surface area contributed by atoms with Crippen molar-refractivity contribution in [3.05, 3.63) is 59.7 Å². The molecule has 0 radical (unpaired) electrons. The van der Waals surface area contributed by atoms with Crippen LogP contribution >= 0.6 is 12.4 Å². The highest BCUT2D eigenvalue weighted by atomic mass is 35.5. The summed E-state index contributed by atoms with van der Waals surface area (Å²) >= 11 is 0. The Morgan fingerprint density at radius 2 is 1.45 bits per heavy atom. The van der Waals surface area contributed by atoms with Gasteiger partial charge >= 0.3 is 0 Å². The number of hydrogen-bond acceptors (Lipinski definition) is 7. The molecule has 1 aliphatic rings. The summed E-state index contributed by atoms with van der Waals surface area (Å²) in [6.45, 7) is 7.06. The molecule has 0 saturated carbocycles. The quantitative estimate of drug-likeness (QED) is 0.649. The van der Waals surface area contributed by atoms with E-state index in [1.54, 1.807) is 0 Å². The van der Waals surface area contributed by atoms with E-state index in [0.717, 1.165) is 24.5 Å². The Labute approximate surface area is 177 Å². The van der Waals surface area contributed by atoms with Crippen molar-refractivity contribution >= 4 is 41.6 Å². The number of benzene rings is 2. The molecular formula is C21H25ClN6O. The SMILES string of the molecule is Cc1ccc(Nc2nc(Nc3ccccc3)nc(N3CCOCC3)n2)cc1C.Cl. The summed E-state index contributed by atoms with van der Waals surface area (Å²) in [6, 6.07) is 16.1. The molecule has 7 nitrogen and oxygen atoms in total. The maximum atomic E-state index is 5.45. The molecule has 1 aliphatic heterocycles. The molecule has 1 saturated heterocycles. The molecule has 0 bridgehead atoms. The minimum Gasteiger partial charge on any atom is -0.378 e. The van der Waals surface area contributed by atoms with Crippen LogP contribution in [0.5, 0.6) is 0 Å². The fourth-order valence-electron chi connectivity index (χ4n) is 2.98. The van der Waals surface area contributed by atoms with Gasteiger partial charge in [-0.25, -0.2) is 0 Å². The lowest BCUT2D eigenvalue weighted by Gasteiger charge is -2.27. The largest absolute Gasteiger partial charge is 0.378 e. The average Bonchev–Trinajstić information content (AvgIpc) is 2.72. The number of halogens is 1. The molecule has 2 aromatic carbocycles. The van der Waals surface area contributed by atoms with Crippen LogP contribution < -0.4 is 15.5 Å². The summed E-state index contributed by atoms with van der Waals surface area (Å²) in [6.07, 6.45) is 0. The van der Waals surface area contributed by atoms with Crippen molar-refractivity contribution in [1.29, 1.82) is 0 Å². The number of aromatic nitrogens is 3. The first-order chi connectivity index (χ1) is 13.7. The lowest BCUT2D eigenvalue weighted by molar-refractivity contribution is 0.122. The highest BCUT2D eigenvalue weighted by molar-refractivity contribution is 5.85. The van der Waals surface area contributed by atoms with Gasteiger partial charge in [0.2, 0.25) is 17.8 Å². The summed E-state index contributed by atoms with van der Waals surface area (Å²) < 4.78 is 5.45. The van der Waals surface area contributed by atoms with Gasteiger partial charge in [-0.1, -0.05) is 24.3 Å². The third kappa shape index (κ3) is 5.34. The van der Waals surface area contributed by atoms with Gasteiger partial charge in [-0.05, 0) is 49.2 Å². The van der Waals surface area contributed by atoms with Crippen LogP contribution in [0.3, 0.4) is 0 Å². The zero-order valence-electron chi connectivity index (χ0n) is 16.6. The fourth-order valence-corrected chi connectivity index (χ4v) is 2.98. The summed E-state index contributed by atoms with van der Waals surface area (Å²) in [5.74, 6) is 1.66. The van der Waals surface area contributed by atoms with Crippen molar-refractivity contribution in [3.8, 4) is 0 Å². The summed E-state index contributed by atoms with van der Waals surface area (Å²) in [5, 5.41) is 6.59. The van der Waals surface area contributed by atoms with Gasteiger partial charge in [0.1, 0.15) is 0 Å². The highest BCUT2D eigenvalue weighted by Crippen LogP contribution is 2.22. The normalized spacial score (nSPS) is 13.5. The molecule has 3 aromatic rings. The van der Waals surface area contributed by atoms with Crippen molar-refractivity contribution in [2.24, 2.45) is 0 Å². The van der Waals surface area contributed by atoms with E-state index in [-0.39, 0.29) is 12.4 Å². The smallest absolute Gasteiger partial charge is 0.233 e. The van der Waals surface area contributed by atoms with E-state index in [1.165, 1.54) is 11.1 Å². The van der Waals surface area contributed by atoms with Crippen LogP contribution in [-0.4, -0.2) is 41.3 Å². The molecule has 0 unspecified atom stereocenters. The lowest BCUT2D eigenvalue weighted by Crippen LogP contribution is -2.37. The molecule has 2 N–H and O–H groups in total. The third-order valence-electron chi connectivity index (χ3n) is 4.71. The number of para-hydroxylation sites is 1. The van der Waals surface area contributed by atoms with Crippen molar-refractivity contribution in [2.75, 3.05) is 41.8 Å².